The monoisotopic (exact) mass is 377 g/mol. The number of benzene rings is 2. The second kappa shape index (κ2) is 7.50. The van der Waals surface area contributed by atoms with Crippen LogP contribution in [0.25, 0.3) is 0 Å². The van der Waals surface area contributed by atoms with Gasteiger partial charge in [-0.05, 0) is 51.8 Å². The normalized spacial score (nSPS) is 10.5. The van der Waals surface area contributed by atoms with Gasteiger partial charge in [-0.15, -0.1) is 0 Å². The molecule has 0 atom stereocenters. The van der Waals surface area contributed by atoms with Crippen LogP contribution in [0.3, 0.4) is 0 Å². The van der Waals surface area contributed by atoms with Gasteiger partial charge < -0.3 is 4.74 Å². The van der Waals surface area contributed by atoms with Gasteiger partial charge in [0.1, 0.15) is 5.75 Å². The molecule has 0 saturated heterocycles. The Morgan fingerprint density at radius 3 is 2.57 bits per heavy atom. The highest BCUT2D eigenvalue weighted by Crippen LogP contribution is 2.24. The molecule has 0 unspecified atom stereocenters. The zero-order valence-electron chi connectivity index (χ0n) is 12.0. The molecule has 8 heteroatoms. The molecule has 0 spiro atoms. The number of amides is 1. The Morgan fingerprint density at radius 2 is 2.00 bits per heavy atom. The van der Waals surface area contributed by atoms with Gasteiger partial charge in [-0.1, -0.05) is 0 Å². The Morgan fingerprint density at radius 1 is 1.30 bits per heavy atom. The molecule has 7 nitrogen and oxygen atoms in total. The molecular weight excluding hydrogens is 366 g/mol. The SMILES string of the molecule is COc1ccc(/C=N/NC(=O)c2ccc([N+](=O)[O-])cc2)cc1Br. The largest absolute Gasteiger partial charge is 0.496 e. The topological polar surface area (TPSA) is 93.8 Å². The number of nitro groups is 1. The van der Waals surface area contributed by atoms with Gasteiger partial charge in [0.05, 0.1) is 22.7 Å². The number of non-ortho nitro benzene ring substituents is 1. The van der Waals surface area contributed by atoms with Crippen molar-refractivity contribution in [1.29, 1.82) is 0 Å². The summed E-state index contributed by atoms with van der Waals surface area (Å²) in [5.41, 5.74) is 3.33. The highest BCUT2D eigenvalue weighted by Gasteiger charge is 2.08. The number of nitrogens with one attached hydrogen (secondary N) is 1. The molecule has 0 aliphatic carbocycles. The average Bonchev–Trinajstić information content (AvgIpc) is 2.55. The van der Waals surface area contributed by atoms with Gasteiger partial charge >= 0.3 is 0 Å². The molecule has 0 saturated carbocycles. The van der Waals surface area contributed by atoms with Crippen molar-refractivity contribution in [2.75, 3.05) is 7.11 Å². The number of carbonyl (C=O) groups is 1. The van der Waals surface area contributed by atoms with E-state index in [1.807, 2.05) is 0 Å². The molecule has 2 rings (SSSR count). The van der Waals surface area contributed by atoms with Crippen LogP contribution in [0.4, 0.5) is 5.69 Å². The van der Waals surface area contributed by atoms with Crippen molar-refractivity contribution in [3.05, 3.63) is 68.2 Å². The van der Waals surface area contributed by atoms with E-state index >= 15 is 0 Å². The Balaban J connectivity index is 2.00. The third-order valence-electron chi connectivity index (χ3n) is 2.90. The van der Waals surface area contributed by atoms with E-state index in [9.17, 15) is 14.9 Å². The molecule has 0 aromatic heterocycles. The van der Waals surface area contributed by atoms with Crippen LogP contribution in [0.1, 0.15) is 15.9 Å². The van der Waals surface area contributed by atoms with Crippen molar-refractivity contribution in [1.82, 2.24) is 5.43 Å². The minimum atomic E-state index is -0.526. The smallest absolute Gasteiger partial charge is 0.271 e. The predicted octanol–water partition coefficient (Wildman–Crippen LogP) is 3.13. The Kier molecular flexibility index (Phi) is 5.42. The number of nitrogens with zero attached hydrogens (tertiary/aromatic N) is 2. The Hall–Kier alpha value is -2.74. The number of methoxy groups -OCH3 is 1. The van der Waals surface area contributed by atoms with E-state index in [1.165, 1.54) is 30.5 Å². The molecule has 118 valence electrons. The van der Waals surface area contributed by atoms with E-state index in [0.717, 1.165) is 10.0 Å². The highest BCUT2D eigenvalue weighted by molar-refractivity contribution is 9.10. The van der Waals surface area contributed by atoms with E-state index in [-0.39, 0.29) is 11.3 Å². The lowest BCUT2D eigenvalue weighted by Crippen LogP contribution is -2.17. The third-order valence-corrected chi connectivity index (χ3v) is 3.52. The summed E-state index contributed by atoms with van der Waals surface area (Å²) in [7, 11) is 1.57. The number of carbonyl (C=O) groups excluding carboxylic acids is 1. The summed E-state index contributed by atoms with van der Waals surface area (Å²) in [6, 6.07) is 10.6. The molecule has 23 heavy (non-hydrogen) atoms. The van der Waals surface area contributed by atoms with Gasteiger partial charge in [0.2, 0.25) is 0 Å². The summed E-state index contributed by atoms with van der Waals surface area (Å²) >= 11 is 3.35. The van der Waals surface area contributed by atoms with Crippen LogP contribution >= 0.6 is 15.9 Å². The van der Waals surface area contributed by atoms with Crippen LogP contribution < -0.4 is 10.2 Å². The minimum Gasteiger partial charge on any atom is -0.496 e. The molecular formula is C15H12BrN3O4. The van der Waals surface area contributed by atoms with Crippen molar-refractivity contribution < 1.29 is 14.5 Å². The maximum Gasteiger partial charge on any atom is 0.271 e. The zero-order valence-corrected chi connectivity index (χ0v) is 13.6. The maximum absolute atomic E-state index is 11.9. The molecule has 0 aliphatic heterocycles. The molecule has 1 amide bonds. The van der Waals surface area contributed by atoms with Gasteiger partial charge in [-0.2, -0.15) is 5.10 Å². The fourth-order valence-corrected chi connectivity index (χ4v) is 2.29. The standard InChI is InChI=1S/C15H12BrN3O4/c1-23-14-7-2-10(8-13(14)16)9-17-18-15(20)11-3-5-12(6-4-11)19(21)22/h2-9H,1H3,(H,18,20)/b17-9+. The highest BCUT2D eigenvalue weighted by atomic mass is 79.9. The van der Waals surface area contributed by atoms with Crippen LogP contribution in [0.2, 0.25) is 0 Å². The number of ether oxygens (including phenoxy) is 1. The maximum atomic E-state index is 11.9. The fourth-order valence-electron chi connectivity index (χ4n) is 1.73. The summed E-state index contributed by atoms with van der Waals surface area (Å²) in [5, 5.41) is 14.4. The van der Waals surface area contributed by atoms with Crippen molar-refractivity contribution in [2.45, 2.75) is 0 Å². The molecule has 0 heterocycles. The zero-order chi connectivity index (χ0) is 16.8. The predicted molar refractivity (Wildman–Crippen MR) is 88.9 cm³/mol. The van der Waals surface area contributed by atoms with Crippen LogP contribution in [-0.2, 0) is 0 Å². The summed E-state index contributed by atoms with van der Waals surface area (Å²) in [5.74, 6) is 0.237. The lowest BCUT2D eigenvalue weighted by atomic mass is 10.2. The summed E-state index contributed by atoms with van der Waals surface area (Å²) in [4.78, 5) is 21.9. The molecule has 0 radical (unpaired) electrons. The molecule has 2 aromatic rings. The number of hydrogen-bond acceptors (Lipinski definition) is 5. The quantitative estimate of drug-likeness (QED) is 0.491. The number of halogens is 1. The third kappa shape index (κ3) is 4.36. The second-order valence-corrected chi connectivity index (χ2v) is 5.25. The van der Waals surface area contributed by atoms with E-state index in [1.54, 1.807) is 25.3 Å². The Bertz CT molecular complexity index is 760. The van der Waals surface area contributed by atoms with Crippen LogP contribution in [-0.4, -0.2) is 24.2 Å². The molecule has 0 bridgehead atoms. The van der Waals surface area contributed by atoms with E-state index in [0.29, 0.717) is 5.75 Å². The van der Waals surface area contributed by atoms with Gasteiger partial charge in [0.15, 0.2) is 0 Å². The summed E-state index contributed by atoms with van der Waals surface area (Å²) in [6.45, 7) is 0. The summed E-state index contributed by atoms with van der Waals surface area (Å²) in [6.07, 6.45) is 1.48. The number of rotatable bonds is 5. The molecule has 1 N–H and O–H groups in total. The van der Waals surface area contributed by atoms with Crippen molar-refractivity contribution in [2.24, 2.45) is 5.10 Å². The number of hydrazone groups is 1. The van der Waals surface area contributed by atoms with Crippen LogP contribution in [0, 0.1) is 10.1 Å². The lowest BCUT2D eigenvalue weighted by Gasteiger charge is -2.03. The minimum absolute atomic E-state index is 0.0758. The van der Waals surface area contributed by atoms with Crippen molar-refractivity contribution in [3.8, 4) is 5.75 Å². The molecule has 0 aliphatic rings. The van der Waals surface area contributed by atoms with Crippen molar-refractivity contribution in [3.63, 3.8) is 0 Å². The number of hydrogen-bond donors (Lipinski definition) is 1. The second-order valence-electron chi connectivity index (χ2n) is 4.40. The first kappa shape index (κ1) is 16.6. The average molecular weight is 378 g/mol. The van der Waals surface area contributed by atoms with Gasteiger partial charge in [0, 0.05) is 17.7 Å². The van der Waals surface area contributed by atoms with Gasteiger partial charge in [0.25, 0.3) is 11.6 Å². The van der Waals surface area contributed by atoms with Gasteiger partial charge in [-0.3, -0.25) is 14.9 Å². The first-order valence-corrected chi connectivity index (χ1v) is 7.22. The Labute approximate surface area is 140 Å². The van der Waals surface area contributed by atoms with E-state index in [4.69, 9.17) is 4.74 Å². The number of nitro benzene ring substituents is 1. The van der Waals surface area contributed by atoms with E-state index in [2.05, 4.69) is 26.5 Å². The van der Waals surface area contributed by atoms with Crippen LogP contribution in [0.5, 0.6) is 5.75 Å². The first-order chi connectivity index (χ1) is 11.0. The van der Waals surface area contributed by atoms with Gasteiger partial charge in [-0.25, -0.2) is 5.43 Å². The fraction of sp³-hybridized carbons (Fsp3) is 0.0667. The van der Waals surface area contributed by atoms with Crippen molar-refractivity contribution >= 4 is 33.7 Å². The lowest BCUT2D eigenvalue weighted by molar-refractivity contribution is -0.384. The summed E-state index contributed by atoms with van der Waals surface area (Å²) < 4.78 is 5.89. The molecule has 2 aromatic carbocycles. The van der Waals surface area contributed by atoms with E-state index < -0.39 is 10.8 Å². The van der Waals surface area contributed by atoms with Crippen LogP contribution in [0.15, 0.2) is 52.0 Å². The molecule has 0 fully saturated rings. The first-order valence-electron chi connectivity index (χ1n) is 6.42.